The van der Waals surface area contributed by atoms with Gasteiger partial charge in [-0.1, -0.05) is 0 Å². The largest absolute Gasteiger partial charge is 0.493 e. The van der Waals surface area contributed by atoms with E-state index in [4.69, 9.17) is 31.2 Å². The first kappa shape index (κ1) is 21.2. The van der Waals surface area contributed by atoms with Gasteiger partial charge in [-0.3, -0.25) is 5.43 Å². The van der Waals surface area contributed by atoms with E-state index in [1.807, 2.05) is 6.07 Å². The third-order valence-electron chi connectivity index (χ3n) is 4.30. The van der Waals surface area contributed by atoms with Crippen LogP contribution in [0.2, 0.25) is 0 Å². The van der Waals surface area contributed by atoms with Crippen molar-refractivity contribution in [1.82, 2.24) is 10.7 Å². The Hall–Kier alpha value is -2.10. The summed E-state index contributed by atoms with van der Waals surface area (Å²) in [4.78, 5) is 1.58. The van der Waals surface area contributed by atoms with Crippen LogP contribution in [0.4, 0.5) is 0 Å². The minimum atomic E-state index is 0.489. The maximum atomic E-state index is 5.42. The Morgan fingerprint density at radius 2 is 1.93 bits per heavy atom. The van der Waals surface area contributed by atoms with Gasteiger partial charge < -0.3 is 29.2 Å². The molecule has 0 bridgehead atoms. The number of methoxy groups -OCH3 is 3. The number of thiocarbonyl (C=S) groups is 1. The molecule has 1 aliphatic rings. The fourth-order valence-electron chi connectivity index (χ4n) is 2.88. The Morgan fingerprint density at radius 1 is 1.19 bits per heavy atom. The fraction of sp³-hybridized carbons (Fsp3) is 0.556. The standard InChI is InChI=1S/C18H28N4O4S/c1-23-15-6-5-14(16(24-2)17(15)25-3)13-20-21-18(27)19-7-4-8-22-9-11-26-12-10-22/h5-6,13H,4,7-12H2,1-3H3,(H2,19,21,27)/p+1/b20-13-. The number of hydrogen-bond acceptors (Lipinski definition) is 6. The molecule has 9 heteroatoms. The normalized spacial score (nSPS) is 14.8. The maximum absolute atomic E-state index is 5.42. The topological polar surface area (TPSA) is 77.8 Å². The van der Waals surface area contributed by atoms with E-state index < -0.39 is 0 Å². The number of rotatable bonds is 9. The van der Waals surface area contributed by atoms with Crippen LogP contribution in [0.3, 0.4) is 0 Å². The Bertz CT molecular complexity index is 636. The van der Waals surface area contributed by atoms with E-state index >= 15 is 0 Å². The van der Waals surface area contributed by atoms with E-state index in [1.54, 1.807) is 38.5 Å². The quantitative estimate of drug-likeness (QED) is 0.231. The summed E-state index contributed by atoms with van der Waals surface area (Å²) in [5, 5.41) is 7.83. The van der Waals surface area contributed by atoms with Gasteiger partial charge in [-0.15, -0.1) is 0 Å². The van der Waals surface area contributed by atoms with E-state index in [1.165, 1.54) is 0 Å². The van der Waals surface area contributed by atoms with Crippen molar-refractivity contribution < 1.29 is 23.8 Å². The van der Waals surface area contributed by atoms with Crippen LogP contribution in [-0.2, 0) is 4.74 Å². The van der Waals surface area contributed by atoms with Crippen LogP contribution in [0.15, 0.2) is 17.2 Å². The summed E-state index contributed by atoms with van der Waals surface area (Å²) < 4.78 is 21.4. The predicted molar refractivity (Wildman–Crippen MR) is 108 cm³/mol. The van der Waals surface area contributed by atoms with Gasteiger partial charge in [-0.2, -0.15) is 5.10 Å². The zero-order valence-corrected chi connectivity index (χ0v) is 17.0. The fourth-order valence-corrected chi connectivity index (χ4v) is 3.03. The number of nitrogens with one attached hydrogen (secondary N) is 3. The Morgan fingerprint density at radius 3 is 2.59 bits per heavy atom. The molecule has 0 aliphatic carbocycles. The Balaban J connectivity index is 1.78. The average Bonchev–Trinajstić information content (AvgIpc) is 2.71. The molecule has 1 saturated heterocycles. The van der Waals surface area contributed by atoms with Crippen molar-refractivity contribution in [1.29, 1.82) is 0 Å². The molecule has 3 N–H and O–H groups in total. The molecule has 0 atom stereocenters. The second kappa shape index (κ2) is 11.6. The summed E-state index contributed by atoms with van der Waals surface area (Å²) in [6, 6.07) is 3.64. The van der Waals surface area contributed by atoms with Gasteiger partial charge in [0.2, 0.25) is 5.75 Å². The zero-order valence-electron chi connectivity index (χ0n) is 16.2. The molecular formula is C18H29N4O4S+. The van der Waals surface area contributed by atoms with Crippen LogP contribution in [0.1, 0.15) is 12.0 Å². The molecule has 1 fully saturated rings. The first-order chi connectivity index (χ1) is 13.2. The molecule has 8 nitrogen and oxygen atoms in total. The summed E-state index contributed by atoms with van der Waals surface area (Å²) in [6.07, 6.45) is 2.68. The molecule has 1 aromatic rings. The van der Waals surface area contributed by atoms with Gasteiger partial charge in [-0.05, 0) is 24.4 Å². The third kappa shape index (κ3) is 6.53. The van der Waals surface area contributed by atoms with Crippen molar-refractivity contribution in [3.63, 3.8) is 0 Å². The molecule has 0 unspecified atom stereocenters. The summed E-state index contributed by atoms with van der Waals surface area (Å²) in [5.41, 5.74) is 3.57. The van der Waals surface area contributed by atoms with Crippen LogP contribution in [0.5, 0.6) is 17.2 Å². The van der Waals surface area contributed by atoms with Crippen LogP contribution in [0, 0.1) is 0 Å². The van der Waals surface area contributed by atoms with Crippen molar-refractivity contribution in [2.45, 2.75) is 6.42 Å². The number of quaternary nitrogens is 1. The van der Waals surface area contributed by atoms with Crippen molar-refractivity contribution in [2.24, 2.45) is 5.10 Å². The number of hydrazone groups is 1. The second-order valence-electron chi connectivity index (χ2n) is 6.02. The summed E-state index contributed by atoms with van der Waals surface area (Å²) in [7, 11) is 4.72. The number of ether oxygens (including phenoxy) is 4. The average molecular weight is 398 g/mol. The molecule has 1 aliphatic heterocycles. The molecule has 150 valence electrons. The highest BCUT2D eigenvalue weighted by Crippen LogP contribution is 2.38. The Kier molecular flexibility index (Phi) is 9.09. The first-order valence-corrected chi connectivity index (χ1v) is 9.37. The lowest BCUT2D eigenvalue weighted by Gasteiger charge is -2.23. The minimum Gasteiger partial charge on any atom is -0.493 e. The van der Waals surface area contributed by atoms with E-state index in [2.05, 4.69) is 15.8 Å². The van der Waals surface area contributed by atoms with Gasteiger partial charge >= 0.3 is 0 Å². The molecule has 1 heterocycles. The third-order valence-corrected chi connectivity index (χ3v) is 4.53. The van der Waals surface area contributed by atoms with E-state index in [0.29, 0.717) is 22.4 Å². The zero-order chi connectivity index (χ0) is 19.5. The molecule has 0 radical (unpaired) electrons. The molecule has 2 rings (SSSR count). The highest BCUT2D eigenvalue weighted by Gasteiger charge is 2.15. The maximum Gasteiger partial charge on any atom is 0.203 e. The number of morpholine rings is 1. The van der Waals surface area contributed by atoms with Gasteiger partial charge in [-0.25, -0.2) is 0 Å². The molecule has 0 amide bonds. The number of benzene rings is 1. The monoisotopic (exact) mass is 397 g/mol. The lowest BCUT2D eigenvalue weighted by atomic mass is 10.2. The van der Waals surface area contributed by atoms with Crippen molar-refractivity contribution in [2.75, 3.05) is 60.7 Å². The van der Waals surface area contributed by atoms with Gasteiger partial charge in [0.1, 0.15) is 13.1 Å². The van der Waals surface area contributed by atoms with Crippen LogP contribution >= 0.6 is 12.2 Å². The molecule has 0 aromatic heterocycles. The van der Waals surface area contributed by atoms with Crippen molar-refractivity contribution >= 4 is 23.5 Å². The molecular weight excluding hydrogens is 368 g/mol. The van der Waals surface area contributed by atoms with Gasteiger partial charge in [0.15, 0.2) is 16.6 Å². The number of hydrogen-bond donors (Lipinski definition) is 3. The molecule has 0 saturated carbocycles. The highest BCUT2D eigenvalue weighted by molar-refractivity contribution is 7.80. The highest BCUT2D eigenvalue weighted by atomic mass is 32.1. The summed E-state index contributed by atoms with van der Waals surface area (Å²) >= 11 is 5.25. The summed E-state index contributed by atoms with van der Waals surface area (Å²) in [6.45, 7) is 5.81. The van der Waals surface area contributed by atoms with Gasteiger partial charge in [0.25, 0.3) is 0 Å². The van der Waals surface area contributed by atoms with Gasteiger partial charge in [0.05, 0.1) is 47.3 Å². The lowest BCUT2D eigenvalue weighted by Crippen LogP contribution is -3.14. The minimum absolute atomic E-state index is 0.489. The lowest BCUT2D eigenvalue weighted by molar-refractivity contribution is -0.908. The Labute approximate surface area is 165 Å². The second-order valence-corrected chi connectivity index (χ2v) is 6.42. The van der Waals surface area contributed by atoms with E-state index in [9.17, 15) is 0 Å². The predicted octanol–water partition coefficient (Wildman–Crippen LogP) is -0.184. The molecule has 27 heavy (non-hydrogen) atoms. The van der Waals surface area contributed by atoms with E-state index in [0.717, 1.165) is 51.4 Å². The first-order valence-electron chi connectivity index (χ1n) is 8.96. The molecule has 1 aromatic carbocycles. The smallest absolute Gasteiger partial charge is 0.203 e. The van der Waals surface area contributed by atoms with E-state index in [-0.39, 0.29) is 0 Å². The van der Waals surface area contributed by atoms with Crippen molar-refractivity contribution in [3.05, 3.63) is 17.7 Å². The van der Waals surface area contributed by atoms with Crippen LogP contribution < -0.4 is 29.9 Å². The van der Waals surface area contributed by atoms with Crippen LogP contribution in [-0.4, -0.2) is 72.0 Å². The SMILES string of the molecule is COc1ccc(/C=N\NC(=S)NCCC[NH+]2CCOCC2)c(OC)c1OC. The number of nitrogens with zero attached hydrogens (tertiary/aromatic N) is 1. The molecule has 0 spiro atoms. The summed E-state index contributed by atoms with van der Waals surface area (Å²) in [5.74, 6) is 1.67. The van der Waals surface area contributed by atoms with Gasteiger partial charge in [0, 0.05) is 18.5 Å². The van der Waals surface area contributed by atoms with Crippen molar-refractivity contribution in [3.8, 4) is 17.2 Å². The van der Waals surface area contributed by atoms with Crippen LogP contribution in [0.25, 0.3) is 0 Å².